The van der Waals surface area contributed by atoms with Crippen molar-refractivity contribution in [3.63, 3.8) is 0 Å². The van der Waals surface area contributed by atoms with Crippen LogP contribution in [0.4, 0.5) is 5.82 Å². The van der Waals surface area contributed by atoms with Gasteiger partial charge in [-0.15, -0.1) is 0 Å². The highest BCUT2D eigenvalue weighted by atomic mass is 16.5. The molecule has 1 fully saturated rings. The third-order valence-corrected chi connectivity index (χ3v) is 3.58. The molecular formula is C15H20N4O. The Morgan fingerprint density at radius 2 is 2.05 bits per heavy atom. The SMILES string of the molecule is CCOc1nc2ccccc2nc1N1CCNC[C@@H]1C. The van der Waals surface area contributed by atoms with E-state index in [0.29, 0.717) is 18.5 Å². The van der Waals surface area contributed by atoms with Crippen LogP contribution in [-0.4, -0.2) is 42.3 Å². The number of para-hydroxylation sites is 2. The van der Waals surface area contributed by atoms with E-state index >= 15 is 0 Å². The fourth-order valence-electron chi connectivity index (χ4n) is 2.55. The molecule has 0 amide bonds. The van der Waals surface area contributed by atoms with Crippen molar-refractivity contribution in [1.82, 2.24) is 15.3 Å². The fourth-order valence-corrected chi connectivity index (χ4v) is 2.55. The number of piperazine rings is 1. The number of fused-ring (bicyclic) bond motifs is 1. The first kappa shape index (κ1) is 13.1. The molecule has 0 spiro atoms. The predicted octanol–water partition coefficient (Wildman–Crippen LogP) is 1.83. The third kappa shape index (κ3) is 2.41. The lowest BCUT2D eigenvalue weighted by molar-refractivity contribution is 0.325. The lowest BCUT2D eigenvalue weighted by Gasteiger charge is -2.35. The molecule has 0 unspecified atom stereocenters. The molecule has 0 saturated carbocycles. The summed E-state index contributed by atoms with van der Waals surface area (Å²) in [5.41, 5.74) is 1.79. The molecule has 0 radical (unpaired) electrons. The van der Waals surface area contributed by atoms with Crippen LogP contribution in [0.25, 0.3) is 11.0 Å². The van der Waals surface area contributed by atoms with Gasteiger partial charge in [-0.05, 0) is 26.0 Å². The molecule has 2 heterocycles. The number of anilines is 1. The first-order chi connectivity index (χ1) is 9.79. The predicted molar refractivity (Wildman–Crippen MR) is 80.4 cm³/mol. The second-order valence-corrected chi connectivity index (χ2v) is 5.02. The van der Waals surface area contributed by atoms with Crippen LogP contribution in [0.3, 0.4) is 0 Å². The minimum Gasteiger partial charge on any atom is -0.475 e. The molecule has 5 nitrogen and oxygen atoms in total. The van der Waals surface area contributed by atoms with E-state index in [1.54, 1.807) is 0 Å². The number of nitrogens with zero attached hydrogens (tertiary/aromatic N) is 3. The van der Waals surface area contributed by atoms with Crippen molar-refractivity contribution in [3.8, 4) is 5.88 Å². The van der Waals surface area contributed by atoms with Crippen molar-refractivity contribution >= 4 is 16.9 Å². The summed E-state index contributed by atoms with van der Waals surface area (Å²) >= 11 is 0. The quantitative estimate of drug-likeness (QED) is 0.923. The highest BCUT2D eigenvalue weighted by Crippen LogP contribution is 2.28. The molecule has 1 aromatic heterocycles. The van der Waals surface area contributed by atoms with Crippen molar-refractivity contribution in [2.45, 2.75) is 19.9 Å². The van der Waals surface area contributed by atoms with Crippen LogP contribution in [0, 0.1) is 0 Å². The van der Waals surface area contributed by atoms with Gasteiger partial charge in [-0.2, -0.15) is 0 Å². The first-order valence-corrected chi connectivity index (χ1v) is 7.16. The molecule has 1 aliphatic heterocycles. The van der Waals surface area contributed by atoms with Gasteiger partial charge in [0, 0.05) is 25.7 Å². The van der Waals surface area contributed by atoms with E-state index in [-0.39, 0.29) is 0 Å². The summed E-state index contributed by atoms with van der Waals surface area (Å²) in [5.74, 6) is 1.50. The maximum Gasteiger partial charge on any atom is 0.258 e. The fraction of sp³-hybridized carbons (Fsp3) is 0.467. The van der Waals surface area contributed by atoms with Crippen LogP contribution < -0.4 is 15.0 Å². The van der Waals surface area contributed by atoms with Gasteiger partial charge in [0.25, 0.3) is 5.88 Å². The van der Waals surface area contributed by atoms with Crippen molar-refractivity contribution < 1.29 is 4.74 Å². The van der Waals surface area contributed by atoms with Gasteiger partial charge in [0.2, 0.25) is 0 Å². The van der Waals surface area contributed by atoms with E-state index < -0.39 is 0 Å². The van der Waals surface area contributed by atoms with Crippen LogP contribution in [0.15, 0.2) is 24.3 Å². The second kappa shape index (κ2) is 5.63. The molecule has 2 aromatic rings. The normalized spacial score (nSPS) is 19.3. The van der Waals surface area contributed by atoms with Crippen molar-refractivity contribution in [2.75, 3.05) is 31.1 Å². The van der Waals surface area contributed by atoms with E-state index in [2.05, 4.69) is 22.1 Å². The summed E-state index contributed by atoms with van der Waals surface area (Å²) in [6.45, 7) is 7.61. The van der Waals surface area contributed by atoms with Crippen LogP contribution in [0.2, 0.25) is 0 Å². The summed E-state index contributed by atoms with van der Waals surface area (Å²) in [7, 11) is 0. The van der Waals surface area contributed by atoms with Crippen molar-refractivity contribution in [1.29, 1.82) is 0 Å². The molecule has 1 N–H and O–H groups in total. The Hall–Kier alpha value is -1.88. The van der Waals surface area contributed by atoms with Gasteiger partial charge in [-0.3, -0.25) is 0 Å². The molecule has 20 heavy (non-hydrogen) atoms. The number of ether oxygens (including phenoxy) is 1. The Labute approximate surface area is 119 Å². The van der Waals surface area contributed by atoms with Gasteiger partial charge < -0.3 is 15.0 Å². The van der Waals surface area contributed by atoms with E-state index in [4.69, 9.17) is 9.72 Å². The molecule has 0 bridgehead atoms. The average molecular weight is 272 g/mol. The maximum absolute atomic E-state index is 5.71. The van der Waals surface area contributed by atoms with E-state index in [1.165, 1.54) is 0 Å². The van der Waals surface area contributed by atoms with Crippen molar-refractivity contribution in [3.05, 3.63) is 24.3 Å². The monoisotopic (exact) mass is 272 g/mol. The molecule has 106 valence electrons. The van der Waals surface area contributed by atoms with E-state index in [9.17, 15) is 0 Å². The van der Waals surface area contributed by atoms with Crippen LogP contribution in [-0.2, 0) is 0 Å². The Morgan fingerprint density at radius 3 is 2.75 bits per heavy atom. The van der Waals surface area contributed by atoms with Gasteiger partial charge in [-0.25, -0.2) is 9.97 Å². The Morgan fingerprint density at radius 1 is 1.30 bits per heavy atom. The van der Waals surface area contributed by atoms with Crippen LogP contribution in [0.1, 0.15) is 13.8 Å². The smallest absolute Gasteiger partial charge is 0.258 e. The summed E-state index contributed by atoms with van der Waals surface area (Å²) in [6, 6.07) is 8.31. The van der Waals surface area contributed by atoms with Gasteiger partial charge >= 0.3 is 0 Å². The molecule has 0 aliphatic carbocycles. The minimum atomic E-state index is 0.387. The van der Waals surface area contributed by atoms with Crippen molar-refractivity contribution in [2.24, 2.45) is 0 Å². The standard InChI is InChI=1S/C15H20N4O/c1-3-20-15-14(19-9-8-16-10-11(19)2)17-12-6-4-5-7-13(12)18-15/h4-7,11,16H,3,8-10H2,1-2H3/t11-/m0/s1. The molecular weight excluding hydrogens is 252 g/mol. The molecule has 1 aromatic carbocycles. The second-order valence-electron chi connectivity index (χ2n) is 5.02. The lowest BCUT2D eigenvalue weighted by atomic mass is 10.2. The number of benzene rings is 1. The maximum atomic E-state index is 5.71. The van der Waals surface area contributed by atoms with Gasteiger partial charge in [0.1, 0.15) is 0 Å². The zero-order chi connectivity index (χ0) is 13.9. The number of hydrogen-bond acceptors (Lipinski definition) is 5. The highest BCUT2D eigenvalue weighted by Gasteiger charge is 2.24. The van der Waals surface area contributed by atoms with E-state index in [0.717, 1.165) is 36.5 Å². The summed E-state index contributed by atoms with van der Waals surface area (Å²) in [4.78, 5) is 11.7. The molecule has 1 aliphatic rings. The number of hydrogen-bond donors (Lipinski definition) is 1. The van der Waals surface area contributed by atoms with Crippen LogP contribution in [0.5, 0.6) is 5.88 Å². The summed E-state index contributed by atoms with van der Waals surface area (Å²) in [6.07, 6.45) is 0. The molecule has 5 heteroatoms. The Kier molecular flexibility index (Phi) is 3.69. The molecule has 3 rings (SSSR count). The zero-order valence-electron chi connectivity index (χ0n) is 12.0. The number of aromatic nitrogens is 2. The largest absolute Gasteiger partial charge is 0.475 e. The summed E-state index contributed by atoms with van der Waals surface area (Å²) in [5, 5.41) is 3.39. The first-order valence-electron chi connectivity index (χ1n) is 7.16. The lowest BCUT2D eigenvalue weighted by Crippen LogP contribution is -2.50. The molecule has 1 saturated heterocycles. The third-order valence-electron chi connectivity index (χ3n) is 3.58. The van der Waals surface area contributed by atoms with Gasteiger partial charge in [0.05, 0.1) is 17.6 Å². The zero-order valence-corrected chi connectivity index (χ0v) is 12.0. The minimum absolute atomic E-state index is 0.387. The molecule has 1 atom stereocenters. The Bertz CT molecular complexity index is 601. The van der Waals surface area contributed by atoms with Crippen LogP contribution >= 0.6 is 0 Å². The van der Waals surface area contributed by atoms with Gasteiger partial charge in [-0.1, -0.05) is 12.1 Å². The highest BCUT2D eigenvalue weighted by molar-refractivity contribution is 5.77. The topological polar surface area (TPSA) is 50.3 Å². The Balaban J connectivity index is 2.08. The summed E-state index contributed by atoms with van der Waals surface area (Å²) < 4.78 is 5.71. The van der Waals surface area contributed by atoms with Gasteiger partial charge in [0.15, 0.2) is 5.82 Å². The van der Waals surface area contributed by atoms with E-state index in [1.807, 2.05) is 31.2 Å². The number of nitrogens with one attached hydrogen (secondary N) is 1. The average Bonchev–Trinajstić information content (AvgIpc) is 2.48. The number of rotatable bonds is 3.